The molecule has 3 aromatic rings. The molecule has 8 nitrogen and oxygen atoms in total. The highest BCUT2D eigenvalue weighted by Crippen LogP contribution is 2.28. The fourth-order valence-electron chi connectivity index (χ4n) is 3.65. The molecule has 31 heavy (non-hydrogen) atoms. The number of benzene rings is 1. The lowest BCUT2D eigenvalue weighted by atomic mass is 10.1. The molecule has 0 radical (unpaired) electrons. The molecule has 9 heteroatoms. The van der Waals surface area contributed by atoms with Gasteiger partial charge in [0.1, 0.15) is 16.5 Å². The average Bonchev–Trinajstić information content (AvgIpc) is 3.43. The lowest BCUT2D eigenvalue weighted by Crippen LogP contribution is -2.28. The lowest BCUT2D eigenvalue weighted by molar-refractivity contribution is 0.0794. The molecule has 1 aliphatic rings. The molecule has 3 heterocycles. The number of ether oxygens (including phenoxy) is 1. The van der Waals surface area contributed by atoms with Gasteiger partial charge in [0.2, 0.25) is 0 Å². The van der Waals surface area contributed by atoms with E-state index in [9.17, 15) is 9.59 Å². The molecular weight excluding hydrogens is 414 g/mol. The van der Waals surface area contributed by atoms with Gasteiger partial charge in [-0.25, -0.2) is 15.0 Å². The number of carbonyl (C=O) groups is 2. The molecule has 0 saturated carbocycles. The van der Waals surface area contributed by atoms with Gasteiger partial charge in [0.15, 0.2) is 0 Å². The lowest BCUT2D eigenvalue weighted by Gasteiger charge is -2.16. The molecule has 1 unspecified atom stereocenters. The van der Waals surface area contributed by atoms with Crippen molar-refractivity contribution >= 4 is 28.8 Å². The minimum absolute atomic E-state index is 0.00651. The van der Waals surface area contributed by atoms with Crippen LogP contribution in [0.3, 0.4) is 0 Å². The van der Waals surface area contributed by atoms with Crippen molar-refractivity contribution in [3.63, 3.8) is 0 Å². The third kappa shape index (κ3) is 4.27. The van der Waals surface area contributed by atoms with Crippen LogP contribution in [0.25, 0.3) is 0 Å². The number of amides is 2. The molecule has 2 amide bonds. The van der Waals surface area contributed by atoms with Crippen LogP contribution in [0.4, 0.5) is 5.69 Å². The van der Waals surface area contributed by atoms with Crippen LogP contribution in [-0.2, 0) is 0 Å². The molecular formula is C22H23N5O3S. The Bertz CT molecular complexity index is 1130. The molecule has 0 aliphatic carbocycles. The van der Waals surface area contributed by atoms with Crippen molar-refractivity contribution in [3.05, 3.63) is 63.6 Å². The average molecular weight is 438 g/mol. The van der Waals surface area contributed by atoms with Crippen molar-refractivity contribution in [2.75, 3.05) is 25.5 Å². The number of nitrogens with one attached hydrogen (secondary N) is 1. The van der Waals surface area contributed by atoms with Gasteiger partial charge in [-0.15, -0.1) is 11.3 Å². The van der Waals surface area contributed by atoms with Gasteiger partial charge in [0.05, 0.1) is 35.3 Å². The molecule has 0 spiro atoms. The predicted molar refractivity (Wildman–Crippen MR) is 118 cm³/mol. The van der Waals surface area contributed by atoms with Crippen molar-refractivity contribution in [3.8, 4) is 5.75 Å². The molecule has 4 rings (SSSR count). The molecule has 0 bridgehead atoms. The predicted octanol–water partition coefficient (Wildman–Crippen LogP) is 3.44. The van der Waals surface area contributed by atoms with E-state index >= 15 is 0 Å². The van der Waals surface area contributed by atoms with E-state index in [0.717, 1.165) is 12.1 Å². The maximum Gasteiger partial charge on any atom is 0.265 e. The van der Waals surface area contributed by atoms with Crippen LogP contribution >= 0.6 is 11.3 Å². The summed E-state index contributed by atoms with van der Waals surface area (Å²) in [6, 6.07) is 7.22. The molecule has 1 saturated heterocycles. The van der Waals surface area contributed by atoms with E-state index in [1.807, 2.05) is 24.0 Å². The van der Waals surface area contributed by atoms with E-state index in [2.05, 4.69) is 20.3 Å². The summed E-state index contributed by atoms with van der Waals surface area (Å²) in [7, 11) is 1.56. The summed E-state index contributed by atoms with van der Waals surface area (Å²) in [5.74, 6) is 0.993. The summed E-state index contributed by atoms with van der Waals surface area (Å²) in [5.41, 5.74) is 4.04. The van der Waals surface area contributed by atoms with E-state index in [4.69, 9.17) is 4.74 Å². The second-order valence-electron chi connectivity index (χ2n) is 7.39. The summed E-state index contributed by atoms with van der Waals surface area (Å²) in [6.45, 7) is 4.85. The van der Waals surface area contributed by atoms with Gasteiger partial charge in [-0.3, -0.25) is 9.59 Å². The molecule has 1 fully saturated rings. The first-order valence-electron chi connectivity index (χ1n) is 9.95. The van der Waals surface area contributed by atoms with Crippen molar-refractivity contribution in [2.45, 2.75) is 26.2 Å². The maximum atomic E-state index is 12.7. The number of para-hydroxylation sites is 2. The van der Waals surface area contributed by atoms with E-state index < -0.39 is 0 Å². The number of methoxy groups -OCH3 is 1. The summed E-state index contributed by atoms with van der Waals surface area (Å²) in [5, 5.41) is 2.85. The van der Waals surface area contributed by atoms with Gasteiger partial charge >= 0.3 is 0 Å². The maximum absolute atomic E-state index is 12.7. The fraction of sp³-hybridized carbons (Fsp3) is 0.318. The van der Waals surface area contributed by atoms with Crippen LogP contribution < -0.4 is 10.1 Å². The third-order valence-electron chi connectivity index (χ3n) is 5.38. The van der Waals surface area contributed by atoms with Gasteiger partial charge in [-0.1, -0.05) is 12.1 Å². The number of hydrogen-bond acceptors (Lipinski definition) is 7. The topological polar surface area (TPSA) is 97.3 Å². The summed E-state index contributed by atoms with van der Waals surface area (Å²) in [4.78, 5) is 41.2. The highest BCUT2D eigenvalue weighted by molar-refractivity contribution is 7.11. The normalized spacial score (nSPS) is 15.7. The number of thiazole rings is 1. The monoisotopic (exact) mass is 437 g/mol. The summed E-state index contributed by atoms with van der Waals surface area (Å²) >= 11 is 1.37. The Balaban J connectivity index is 1.46. The van der Waals surface area contributed by atoms with Crippen molar-refractivity contribution < 1.29 is 14.3 Å². The Kier molecular flexibility index (Phi) is 5.94. The first kappa shape index (κ1) is 20.9. The SMILES string of the molecule is COc1ccccc1NC(=O)c1cnc(C2CCN(C(=O)c3scnc3C)C2)nc1C. The van der Waals surface area contributed by atoms with E-state index in [1.54, 1.807) is 37.9 Å². The molecule has 1 atom stereocenters. The standard InChI is InChI=1S/C22H23N5O3S/c1-13-16(21(28)26-17-6-4-5-7-18(17)30-3)10-23-20(25-13)15-8-9-27(11-15)22(29)19-14(2)24-12-31-19/h4-7,10,12,15H,8-9,11H2,1-3H3,(H,26,28). The second kappa shape index (κ2) is 8.81. The Morgan fingerprint density at radius 1 is 1.19 bits per heavy atom. The third-order valence-corrected chi connectivity index (χ3v) is 6.29. The van der Waals surface area contributed by atoms with Gasteiger partial charge < -0.3 is 15.0 Å². The molecule has 160 valence electrons. The Hall–Kier alpha value is -3.33. The van der Waals surface area contributed by atoms with Gasteiger partial charge in [-0.05, 0) is 32.4 Å². The molecule has 2 aromatic heterocycles. The highest BCUT2D eigenvalue weighted by Gasteiger charge is 2.31. The number of carbonyl (C=O) groups excluding carboxylic acids is 2. The minimum atomic E-state index is -0.294. The minimum Gasteiger partial charge on any atom is -0.495 e. The number of hydrogen-bond donors (Lipinski definition) is 1. The zero-order valence-electron chi connectivity index (χ0n) is 17.6. The summed E-state index contributed by atoms with van der Waals surface area (Å²) in [6.07, 6.45) is 2.34. The number of likely N-dealkylation sites (tertiary alicyclic amines) is 1. The molecule has 1 N–H and O–H groups in total. The van der Waals surface area contributed by atoms with Crippen molar-refractivity contribution in [2.24, 2.45) is 0 Å². The number of nitrogens with zero attached hydrogens (tertiary/aromatic N) is 4. The quantitative estimate of drug-likeness (QED) is 0.657. The first-order chi connectivity index (χ1) is 15.0. The zero-order valence-corrected chi connectivity index (χ0v) is 18.4. The Morgan fingerprint density at radius 2 is 2.00 bits per heavy atom. The van der Waals surface area contributed by atoms with Crippen LogP contribution in [0.5, 0.6) is 5.75 Å². The van der Waals surface area contributed by atoms with E-state index in [-0.39, 0.29) is 17.7 Å². The molecule has 1 aliphatic heterocycles. The number of anilines is 1. The number of aryl methyl sites for hydroxylation is 2. The number of rotatable bonds is 5. The highest BCUT2D eigenvalue weighted by atomic mass is 32.1. The Morgan fingerprint density at radius 3 is 2.71 bits per heavy atom. The smallest absolute Gasteiger partial charge is 0.265 e. The van der Waals surface area contributed by atoms with Gasteiger partial charge in [0.25, 0.3) is 11.8 Å². The van der Waals surface area contributed by atoms with E-state index in [0.29, 0.717) is 46.5 Å². The van der Waals surface area contributed by atoms with Crippen LogP contribution in [-0.4, -0.2) is 51.9 Å². The van der Waals surface area contributed by atoms with Crippen LogP contribution in [0.1, 0.15) is 49.6 Å². The largest absolute Gasteiger partial charge is 0.495 e. The van der Waals surface area contributed by atoms with Crippen LogP contribution in [0, 0.1) is 13.8 Å². The Labute approximate surface area is 184 Å². The summed E-state index contributed by atoms with van der Waals surface area (Å²) < 4.78 is 5.28. The number of aromatic nitrogens is 3. The first-order valence-corrected chi connectivity index (χ1v) is 10.8. The van der Waals surface area contributed by atoms with Gasteiger partial charge in [-0.2, -0.15) is 0 Å². The molecule has 1 aromatic carbocycles. The second-order valence-corrected chi connectivity index (χ2v) is 8.24. The fourth-order valence-corrected chi connectivity index (χ4v) is 4.42. The van der Waals surface area contributed by atoms with Crippen LogP contribution in [0.15, 0.2) is 36.0 Å². The van der Waals surface area contributed by atoms with Gasteiger partial charge in [0, 0.05) is 25.2 Å². The van der Waals surface area contributed by atoms with E-state index in [1.165, 1.54) is 11.3 Å². The van der Waals surface area contributed by atoms with Crippen LogP contribution in [0.2, 0.25) is 0 Å². The zero-order chi connectivity index (χ0) is 22.0. The van der Waals surface area contributed by atoms with Crippen molar-refractivity contribution in [1.29, 1.82) is 0 Å². The van der Waals surface area contributed by atoms with Crippen molar-refractivity contribution in [1.82, 2.24) is 19.9 Å².